The summed E-state index contributed by atoms with van der Waals surface area (Å²) in [5.41, 5.74) is 0.999. The largest absolute Gasteiger partial charge is 0.507 e. The molecule has 4 rings (SSSR count). The standard InChI is InChI=1S/C23H15ClN2O5/c24-16-10-6-14(7-11-16)20-19(21(27)15-8-12-18(13-9-15)26(30)31)22(28)23(29)25(20)17-4-2-1-3-5-17/h1-13,20,27H/b21-19+/t20-/m1/s1. The van der Waals surface area contributed by atoms with Crippen LogP contribution in [-0.4, -0.2) is 21.7 Å². The number of benzene rings is 3. The van der Waals surface area contributed by atoms with Crippen LogP contribution in [0.15, 0.2) is 84.4 Å². The number of nitrogens with zero attached hydrogens (tertiary/aromatic N) is 2. The zero-order chi connectivity index (χ0) is 22.1. The Morgan fingerprint density at radius 3 is 2.13 bits per heavy atom. The van der Waals surface area contributed by atoms with Crippen LogP contribution in [-0.2, 0) is 9.59 Å². The fourth-order valence-electron chi connectivity index (χ4n) is 3.54. The molecule has 0 saturated carbocycles. The minimum absolute atomic E-state index is 0.106. The van der Waals surface area contributed by atoms with Crippen molar-refractivity contribution in [2.75, 3.05) is 4.90 Å². The number of amides is 1. The number of nitro benzene ring substituents is 1. The van der Waals surface area contributed by atoms with Gasteiger partial charge in [0.2, 0.25) is 0 Å². The van der Waals surface area contributed by atoms with Crippen LogP contribution in [0.1, 0.15) is 17.2 Å². The second-order valence-electron chi connectivity index (χ2n) is 6.86. The number of anilines is 1. The lowest BCUT2D eigenvalue weighted by molar-refractivity contribution is -0.384. The van der Waals surface area contributed by atoms with Gasteiger partial charge in [0.25, 0.3) is 17.4 Å². The minimum Gasteiger partial charge on any atom is -0.507 e. The second-order valence-corrected chi connectivity index (χ2v) is 7.30. The Morgan fingerprint density at radius 2 is 1.55 bits per heavy atom. The third-order valence-corrected chi connectivity index (χ3v) is 5.27. The average molecular weight is 435 g/mol. The fraction of sp³-hybridized carbons (Fsp3) is 0.0435. The first-order chi connectivity index (χ1) is 14.9. The third kappa shape index (κ3) is 3.67. The lowest BCUT2D eigenvalue weighted by atomic mass is 9.95. The summed E-state index contributed by atoms with van der Waals surface area (Å²) in [6, 6.07) is 19.5. The Balaban J connectivity index is 1.91. The highest BCUT2D eigenvalue weighted by atomic mass is 35.5. The third-order valence-electron chi connectivity index (χ3n) is 5.02. The van der Waals surface area contributed by atoms with Crippen molar-refractivity contribution in [1.29, 1.82) is 0 Å². The Morgan fingerprint density at radius 1 is 0.935 bits per heavy atom. The van der Waals surface area contributed by atoms with Crippen molar-refractivity contribution >= 4 is 40.4 Å². The molecule has 3 aromatic carbocycles. The normalized spacial score (nSPS) is 17.7. The molecule has 0 spiro atoms. The highest BCUT2D eigenvalue weighted by Crippen LogP contribution is 2.42. The van der Waals surface area contributed by atoms with Gasteiger partial charge in [0.05, 0.1) is 16.5 Å². The van der Waals surface area contributed by atoms with E-state index < -0.39 is 28.4 Å². The van der Waals surface area contributed by atoms with Gasteiger partial charge in [-0.1, -0.05) is 41.9 Å². The SMILES string of the molecule is O=C1C(=O)N(c2ccccc2)[C@H](c2ccc(Cl)cc2)/C1=C(\O)c1ccc([N+](=O)[O-])cc1. The Hall–Kier alpha value is -3.97. The van der Waals surface area contributed by atoms with Crippen LogP contribution in [0.3, 0.4) is 0 Å². The summed E-state index contributed by atoms with van der Waals surface area (Å²) in [7, 11) is 0. The number of aliphatic hydroxyl groups is 1. The van der Waals surface area contributed by atoms with Crippen LogP contribution in [0.2, 0.25) is 5.02 Å². The van der Waals surface area contributed by atoms with E-state index in [1.54, 1.807) is 54.6 Å². The van der Waals surface area contributed by atoms with Crippen molar-refractivity contribution in [3.63, 3.8) is 0 Å². The van der Waals surface area contributed by atoms with E-state index in [9.17, 15) is 24.8 Å². The number of hydrogen-bond donors (Lipinski definition) is 1. The monoisotopic (exact) mass is 434 g/mol. The maximum Gasteiger partial charge on any atom is 0.300 e. The van der Waals surface area contributed by atoms with Crippen LogP contribution < -0.4 is 4.90 Å². The summed E-state index contributed by atoms with van der Waals surface area (Å²) in [6.07, 6.45) is 0. The van der Waals surface area contributed by atoms with Crippen molar-refractivity contribution < 1.29 is 19.6 Å². The van der Waals surface area contributed by atoms with Crippen molar-refractivity contribution in [3.05, 3.63) is 111 Å². The van der Waals surface area contributed by atoms with E-state index in [0.29, 0.717) is 16.3 Å². The van der Waals surface area contributed by atoms with Gasteiger partial charge in [0, 0.05) is 28.4 Å². The number of carbonyl (C=O) groups excluding carboxylic acids is 2. The highest BCUT2D eigenvalue weighted by molar-refractivity contribution is 6.51. The molecule has 1 aliphatic heterocycles. The van der Waals surface area contributed by atoms with E-state index in [1.165, 1.54) is 29.2 Å². The van der Waals surface area contributed by atoms with Crippen molar-refractivity contribution in [1.82, 2.24) is 0 Å². The molecule has 1 fully saturated rings. The fourth-order valence-corrected chi connectivity index (χ4v) is 3.67. The smallest absolute Gasteiger partial charge is 0.300 e. The van der Waals surface area contributed by atoms with Gasteiger partial charge in [0.1, 0.15) is 5.76 Å². The molecule has 1 N–H and O–H groups in total. The van der Waals surface area contributed by atoms with E-state index in [-0.39, 0.29) is 16.8 Å². The number of para-hydroxylation sites is 1. The lowest BCUT2D eigenvalue weighted by Crippen LogP contribution is -2.29. The molecule has 1 aliphatic rings. The van der Waals surface area contributed by atoms with Gasteiger partial charge < -0.3 is 5.11 Å². The number of halogens is 1. The van der Waals surface area contributed by atoms with Gasteiger partial charge >= 0.3 is 0 Å². The first kappa shape index (κ1) is 20.3. The van der Waals surface area contributed by atoms with Crippen LogP contribution in [0.25, 0.3) is 5.76 Å². The van der Waals surface area contributed by atoms with Gasteiger partial charge in [-0.05, 0) is 42.0 Å². The summed E-state index contributed by atoms with van der Waals surface area (Å²) in [5.74, 6) is -2.04. The Labute approximate surface area is 182 Å². The van der Waals surface area contributed by atoms with Crippen molar-refractivity contribution in [2.45, 2.75) is 6.04 Å². The molecule has 154 valence electrons. The van der Waals surface area contributed by atoms with Gasteiger partial charge in [-0.3, -0.25) is 24.6 Å². The topological polar surface area (TPSA) is 101 Å². The first-order valence-corrected chi connectivity index (χ1v) is 9.62. The highest BCUT2D eigenvalue weighted by Gasteiger charge is 2.46. The molecule has 1 amide bonds. The Bertz CT molecular complexity index is 1200. The molecule has 0 bridgehead atoms. The summed E-state index contributed by atoms with van der Waals surface area (Å²) >= 11 is 6.00. The Kier molecular flexibility index (Phi) is 5.27. The van der Waals surface area contributed by atoms with Gasteiger partial charge in [-0.2, -0.15) is 0 Å². The van der Waals surface area contributed by atoms with E-state index in [1.807, 2.05) is 0 Å². The zero-order valence-electron chi connectivity index (χ0n) is 15.9. The van der Waals surface area contributed by atoms with Crippen LogP contribution in [0.4, 0.5) is 11.4 Å². The van der Waals surface area contributed by atoms with E-state index in [4.69, 9.17) is 11.6 Å². The molecule has 3 aromatic rings. The minimum atomic E-state index is -0.894. The van der Waals surface area contributed by atoms with E-state index in [2.05, 4.69) is 0 Å². The summed E-state index contributed by atoms with van der Waals surface area (Å²) < 4.78 is 0. The summed E-state index contributed by atoms with van der Waals surface area (Å²) in [4.78, 5) is 37.6. The molecule has 0 aromatic heterocycles. The second kappa shape index (κ2) is 8.04. The number of aliphatic hydroxyl groups excluding tert-OH is 1. The number of rotatable bonds is 4. The molecular weight excluding hydrogens is 420 g/mol. The number of non-ortho nitro benzene ring substituents is 1. The number of carbonyl (C=O) groups is 2. The maximum atomic E-state index is 13.0. The van der Waals surface area contributed by atoms with Crippen LogP contribution in [0.5, 0.6) is 0 Å². The van der Waals surface area contributed by atoms with Gasteiger partial charge in [-0.15, -0.1) is 0 Å². The predicted octanol–water partition coefficient (Wildman–Crippen LogP) is 4.87. The molecule has 0 aliphatic carbocycles. The molecule has 1 heterocycles. The zero-order valence-corrected chi connectivity index (χ0v) is 16.7. The molecule has 0 radical (unpaired) electrons. The van der Waals surface area contributed by atoms with Crippen molar-refractivity contribution in [2.24, 2.45) is 0 Å². The summed E-state index contributed by atoms with van der Waals surface area (Å²) in [6.45, 7) is 0. The van der Waals surface area contributed by atoms with Crippen molar-refractivity contribution in [3.8, 4) is 0 Å². The van der Waals surface area contributed by atoms with Gasteiger partial charge in [0.15, 0.2) is 0 Å². The molecule has 31 heavy (non-hydrogen) atoms. The number of hydrogen-bond acceptors (Lipinski definition) is 5. The first-order valence-electron chi connectivity index (χ1n) is 9.25. The molecule has 1 atom stereocenters. The lowest BCUT2D eigenvalue weighted by Gasteiger charge is -2.25. The quantitative estimate of drug-likeness (QED) is 0.207. The average Bonchev–Trinajstić information content (AvgIpc) is 3.05. The molecule has 1 saturated heterocycles. The number of ketones is 1. The molecule has 8 heteroatoms. The summed E-state index contributed by atoms with van der Waals surface area (Å²) in [5, 5.41) is 22.4. The van der Waals surface area contributed by atoms with E-state index in [0.717, 1.165) is 0 Å². The number of Topliss-reactive ketones (excluding diaryl/α,β-unsaturated/α-hetero) is 1. The predicted molar refractivity (Wildman–Crippen MR) is 116 cm³/mol. The van der Waals surface area contributed by atoms with Crippen LogP contribution in [0, 0.1) is 10.1 Å². The molecule has 7 nitrogen and oxygen atoms in total. The van der Waals surface area contributed by atoms with Gasteiger partial charge in [-0.25, -0.2) is 0 Å². The van der Waals surface area contributed by atoms with E-state index >= 15 is 0 Å². The van der Waals surface area contributed by atoms with Crippen LogP contribution >= 0.6 is 11.6 Å². The molecular formula is C23H15ClN2O5. The number of nitro groups is 1. The maximum absolute atomic E-state index is 13.0. The molecule has 0 unspecified atom stereocenters.